The molecule has 2 aliphatic rings. The third kappa shape index (κ3) is 4.94. The maximum atomic E-state index is 12.7. The second kappa shape index (κ2) is 9.77. The molecule has 1 amide bonds. The van der Waals surface area contributed by atoms with Crippen molar-refractivity contribution in [2.75, 3.05) is 12.8 Å². The SMILES string of the molecule is COc1ccc(C(=O)N[C@@H](CCC(=O)O)C(=O)O)c(N)c1CCc1cnc2[nH]cncc1-2. The number of anilines is 1. The Hall–Kier alpha value is -4.15. The van der Waals surface area contributed by atoms with Gasteiger partial charge in [-0.05, 0) is 37.0 Å². The molecule has 3 rings (SSSR count). The first-order valence-electron chi connectivity index (χ1n) is 9.78. The van der Waals surface area contributed by atoms with Crippen LogP contribution in [0.3, 0.4) is 0 Å². The Bertz CT molecular complexity index is 1110. The van der Waals surface area contributed by atoms with E-state index in [0.29, 0.717) is 30.0 Å². The van der Waals surface area contributed by atoms with Crippen molar-refractivity contribution in [2.24, 2.45) is 0 Å². The number of methoxy groups -OCH3 is 1. The van der Waals surface area contributed by atoms with Crippen LogP contribution in [0.2, 0.25) is 0 Å². The Kier molecular flexibility index (Phi) is 6.88. The summed E-state index contributed by atoms with van der Waals surface area (Å²) in [6, 6.07) is 1.68. The number of nitrogens with two attached hydrogens (primary N) is 1. The van der Waals surface area contributed by atoms with Gasteiger partial charge in [0.25, 0.3) is 5.91 Å². The lowest BCUT2D eigenvalue weighted by Gasteiger charge is -2.17. The number of nitrogens with one attached hydrogen (secondary N) is 2. The first kappa shape index (κ1) is 22.5. The maximum Gasteiger partial charge on any atom is 0.326 e. The van der Waals surface area contributed by atoms with Crippen LogP contribution in [0.25, 0.3) is 11.4 Å². The van der Waals surface area contributed by atoms with Gasteiger partial charge < -0.3 is 31.0 Å². The number of ether oxygens (including phenoxy) is 1. The minimum atomic E-state index is -1.35. The summed E-state index contributed by atoms with van der Waals surface area (Å²) in [6.45, 7) is 0. The van der Waals surface area contributed by atoms with Crippen molar-refractivity contribution in [1.82, 2.24) is 20.3 Å². The van der Waals surface area contributed by atoms with Crippen molar-refractivity contribution in [3.63, 3.8) is 0 Å². The number of nitrogens with zero attached hydrogens (tertiary/aromatic N) is 2. The van der Waals surface area contributed by atoms with Crippen molar-refractivity contribution < 1.29 is 29.3 Å². The van der Waals surface area contributed by atoms with Gasteiger partial charge in [-0.2, -0.15) is 0 Å². The molecule has 0 aromatic heterocycles. The number of amides is 1. The van der Waals surface area contributed by atoms with Gasteiger partial charge in [-0.15, -0.1) is 0 Å². The van der Waals surface area contributed by atoms with Crippen molar-refractivity contribution in [2.45, 2.75) is 31.7 Å². The number of aryl methyl sites for hydroxylation is 1. The number of hydrogen-bond acceptors (Lipinski definition) is 7. The van der Waals surface area contributed by atoms with E-state index in [0.717, 1.165) is 11.1 Å². The van der Waals surface area contributed by atoms with Crippen LogP contribution < -0.4 is 15.8 Å². The van der Waals surface area contributed by atoms with Gasteiger partial charge in [0.2, 0.25) is 0 Å². The summed E-state index contributed by atoms with van der Waals surface area (Å²) in [5.41, 5.74) is 8.94. The topological polar surface area (TPSA) is 181 Å². The zero-order valence-corrected chi connectivity index (χ0v) is 17.3. The fraction of sp³-hybridized carbons (Fsp3) is 0.286. The molecule has 11 nitrogen and oxygen atoms in total. The Labute approximate surface area is 183 Å². The second-order valence-corrected chi connectivity index (χ2v) is 7.10. The number of aliphatic carboxylic acids is 2. The summed E-state index contributed by atoms with van der Waals surface area (Å²) >= 11 is 0. The molecule has 0 unspecified atom stereocenters. The normalized spacial score (nSPS) is 11.8. The van der Waals surface area contributed by atoms with Gasteiger partial charge in [0.1, 0.15) is 17.6 Å². The average molecular weight is 441 g/mol. The van der Waals surface area contributed by atoms with Crippen LogP contribution in [-0.4, -0.2) is 56.2 Å². The second-order valence-electron chi connectivity index (χ2n) is 7.10. The minimum Gasteiger partial charge on any atom is -0.496 e. The van der Waals surface area contributed by atoms with E-state index in [1.807, 2.05) is 0 Å². The number of carboxylic acid groups (broad SMARTS) is 2. The van der Waals surface area contributed by atoms with Gasteiger partial charge >= 0.3 is 11.9 Å². The molecule has 6 N–H and O–H groups in total. The molecule has 2 aliphatic heterocycles. The number of benzene rings is 1. The van der Waals surface area contributed by atoms with E-state index in [-0.39, 0.29) is 17.7 Å². The van der Waals surface area contributed by atoms with Gasteiger partial charge in [-0.25, -0.2) is 14.8 Å². The lowest BCUT2D eigenvalue weighted by Crippen LogP contribution is -2.41. The third-order valence-electron chi connectivity index (χ3n) is 5.10. The smallest absolute Gasteiger partial charge is 0.326 e. The molecule has 0 fully saturated rings. The van der Waals surface area contributed by atoms with Gasteiger partial charge in [-0.1, -0.05) is 0 Å². The molecule has 32 heavy (non-hydrogen) atoms. The predicted octanol–water partition coefficient (Wildman–Crippen LogP) is 1.33. The van der Waals surface area contributed by atoms with Crippen LogP contribution in [0.15, 0.2) is 30.9 Å². The Morgan fingerprint density at radius 3 is 2.69 bits per heavy atom. The molecule has 1 atom stereocenters. The quantitative estimate of drug-likeness (QED) is 0.290. The number of rotatable bonds is 10. The zero-order valence-electron chi connectivity index (χ0n) is 17.3. The summed E-state index contributed by atoms with van der Waals surface area (Å²) in [4.78, 5) is 46.2. The molecule has 0 spiro atoms. The number of carbonyl (C=O) groups is 3. The van der Waals surface area contributed by atoms with Crippen molar-refractivity contribution in [1.29, 1.82) is 0 Å². The van der Waals surface area contributed by atoms with Crippen molar-refractivity contribution in [3.05, 3.63) is 47.5 Å². The van der Waals surface area contributed by atoms with Crippen LogP contribution >= 0.6 is 0 Å². The van der Waals surface area contributed by atoms with Crippen LogP contribution in [0.1, 0.15) is 34.3 Å². The van der Waals surface area contributed by atoms with Crippen LogP contribution in [0, 0.1) is 0 Å². The fourth-order valence-corrected chi connectivity index (χ4v) is 3.41. The average Bonchev–Trinajstić information content (AvgIpc) is 3.18. The highest BCUT2D eigenvalue weighted by atomic mass is 16.5. The number of carboxylic acids is 2. The van der Waals surface area contributed by atoms with E-state index in [9.17, 15) is 19.5 Å². The molecule has 1 aromatic rings. The lowest BCUT2D eigenvalue weighted by atomic mass is 9.98. The van der Waals surface area contributed by atoms with Gasteiger partial charge in [0, 0.05) is 29.9 Å². The van der Waals surface area contributed by atoms with Crippen molar-refractivity contribution >= 4 is 23.5 Å². The molecule has 11 heteroatoms. The third-order valence-corrected chi connectivity index (χ3v) is 5.10. The molecule has 0 saturated carbocycles. The van der Waals surface area contributed by atoms with Gasteiger partial charge in [-0.3, -0.25) is 9.59 Å². The summed E-state index contributed by atoms with van der Waals surface area (Å²) < 4.78 is 5.40. The predicted molar refractivity (Wildman–Crippen MR) is 114 cm³/mol. The molecular weight excluding hydrogens is 418 g/mol. The Balaban J connectivity index is 1.81. The summed E-state index contributed by atoms with van der Waals surface area (Å²) in [6.07, 6.45) is 5.34. The number of hydrogen-bond donors (Lipinski definition) is 5. The molecular formula is C21H23N5O6. The van der Waals surface area contributed by atoms with E-state index in [1.165, 1.54) is 13.2 Å². The molecule has 0 saturated heterocycles. The van der Waals surface area contributed by atoms with E-state index < -0.39 is 30.3 Å². The molecule has 0 radical (unpaired) electrons. The number of fused-ring (bicyclic) bond motifs is 1. The Morgan fingerprint density at radius 2 is 2.00 bits per heavy atom. The number of aromatic nitrogens is 3. The van der Waals surface area contributed by atoms with E-state index in [1.54, 1.807) is 24.8 Å². The highest BCUT2D eigenvalue weighted by Gasteiger charge is 2.24. The number of nitrogen functional groups attached to an aromatic ring is 1. The van der Waals surface area contributed by atoms with E-state index in [4.69, 9.17) is 15.6 Å². The van der Waals surface area contributed by atoms with Crippen molar-refractivity contribution in [3.8, 4) is 17.1 Å². The number of carbonyl (C=O) groups excluding carboxylic acids is 1. The zero-order chi connectivity index (χ0) is 23.3. The first-order valence-corrected chi connectivity index (χ1v) is 9.78. The highest BCUT2D eigenvalue weighted by molar-refractivity contribution is 6.01. The van der Waals surface area contributed by atoms with Crippen LogP contribution in [-0.2, 0) is 22.4 Å². The standard InChI is InChI=1S/C21H23N5O6/c1-32-16-6-4-13(20(29)26-15(21(30)31)5-7-17(27)28)18(22)12(16)3-2-11-8-24-19-14(11)9-23-10-25-19/h4,6,8-10,15H,2-3,5,7,22H2,1H3,(H,26,29)(H,27,28)(H,30,31)(H,23,24,25)/t15-/m0/s1. The fourth-order valence-electron chi connectivity index (χ4n) is 3.41. The largest absolute Gasteiger partial charge is 0.496 e. The molecule has 168 valence electrons. The highest BCUT2D eigenvalue weighted by Crippen LogP contribution is 2.31. The van der Waals surface area contributed by atoms with Crippen LogP contribution in [0.4, 0.5) is 5.69 Å². The monoisotopic (exact) mass is 441 g/mol. The summed E-state index contributed by atoms with van der Waals surface area (Å²) in [7, 11) is 1.49. The molecule has 2 heterocycles. The molecule has 1 aromatic carbocycles. The summed E-state index contributed by atoms with van der Waals surface area (Å²) in [5, 5.41) is 20.4. The first-order chi connectivity index (χ1) is 15.3. The van der Waals surface area contributed by atoms with E-state index >= 15 is 0 Å². The minimum absolute atomic E-state index is 0.0860. The van der Waals surface area contributed by atoms with Crippen LogP contribution in [0.5, 0.6) is 5.75 Å². The van der Waals surface area contributed by atoms with Gasteiger partial charge in [0.05, 0.1) is 24.7 Å². The van der Waals surface area contributed by atoms with E-state index in [2.05, 4.69) is 20.3 Å². The number of aromatic amines is 1. The van der Waals surface area contributed by atoms with Gasteiger partial charge in [0.15, 0.2) is 0 Å². The summed E-state index contributed by atoms with van der Waals surface area (Å²) in [5.74, 6) is -1.98. The molecule has 0 aliphatic carbocycles. The molecule has 0 bridgehead atoms. The maximum absolute atomic E-state index is 12.7. The number of H-pyrrole nitrogens is 1. The lowest BCUT2D eigenvalue weighted by molar-refractivity contribution is -0.140. The Morgan fingerprint density at radius 1 is 1.22 bits per heavy atom.